The summed E-state index contributed by atoms with van der Waals surface area (Å²) >= 11 is 0. The first kappa shape index (κ1) is 13.0. The lowest BCUT2D eigenvalue weighted by atomic mass is 10.0. The lowest BCUT2D eigenvalue weighted by Crippen LogP contribution is -2.07. The van der Waals surface area contributed by atoms with E-state index in [2.05, 4.69) is 0 Å². The number of nitrogens with zero attached hydrogens (tertiary/aromatic N) is 1. The quantitative estimate of drug-likeness (QED) is 0.761. The number of halogens is 1. The van der Waals surface area contributed by atoms with Crippen molar-refractivity contribution >= 4 is 5.97 Å². The van der Waals surface area contributed by atoms with Gasteiger partial charge >= 0.3 is 5.97 Å². The number of nitriles is 1. The second-order valence-corrected chi connectivity index (χ2v) is 4.30. The average Bonchev–Trinajstić information content (AvgIpc) is 2.39. The lowest BCUT2D eigenvalue weighted by molar-refractivity contribution is 0.0612. The van der Waals surface area contributed by atoms with Crippen molar-refractivity contribution in [2.75, 3.05) is 0 Å². The number of rotatable bonds is 2. The standard InChI is InChI=1S/C15H12FNO2/c1-10-2-4-11(5-3-10)15(18)19-13-7-6-12(9-17)14(16)8-13/h2-5,8H,6-7H2,1H3. The number of ether oxygens (including phenoxy) is 1. The van der Waals surface area contributed by atoms with Gasteiger partial charge in [0.25, 0.3) is 0 Å². The van der Waals surface area contributed by atoms with Crippen LogP contribution in [0.2, 0.25) is 0 Å². The van der Waals surface area contributed by atoms with Crippen molar-refractivity contribution in [1.29, 1.82) is 5.26 Å². The topological polar surface area (TPSA) is 50.1 Å². The molecular formula is C15H12FNO2. The Labute approximate surface area is 110 Å². The summed E-state index contributed by atoms with van der Waals surface area (Å²) in [6.45, 7) is 1.92. The van der Waals surface area contributed by atoms with Crippen LogP contribution in [0.25, 0.3) is 0 Å². The number of benzene rings is 1. The fourth-order valence-corrected chi connectivity index (χ4v) is 1.73. The van der Waals surface area contributed by atoms with Gasteiger partial charge in [-0.25, -0.2) is 9.18 Å². The van der Waals surface area contributed by atoms with E-state index < -0.39 is 11.8 Å². The van der Waals surface area contributed by atoms with Crippen molar-refractivity contribution in [2.24, 2.45) is 0 Å². The molecule has 0 saturated heterocycles. The van der Waals surface area contributed by atoms with Crippen LogP contribution in [0.1, 0.15) is 28.8 Å². The molecule has 0 bridgehead atoms. The maximum absolute atomic E-state index is 13.4. The van der Waals surface area contributed by atoms with E-state index in [9.17, 15) is 9.18 Å². The van der Waals surface area contributed by atoms with Gasteiger partial charge in [-0.1, -0.05) is 17.7 Å². The van der Waals surface area contributed by atoms with Gasteiger partial charge in [-0.05, 0) is 25.5 Å². The van der Waals surface area contributed by atoms with Crippen LogP contribution < -0.4 is 0 Å². The van der Waals surface area contributed by atoms with Crippen molar-refractivity contribution in [2.45, 2.75) is 19.8 Å². The molecule has 0 aromatic heterocycles. The number of carbonyl (C=O) groups is 1. The van der Waals surface area contributed by atoms with Crippen LogP contribution in [0.15, 0.2) is 47.5 Å². The highest BCUT2D eigenvalue weighted by Crippen LogP contribution is 2.25. The van der Waals surface area contributed by atoms with Crippen LogP contribution in [0.3, 0.4) is 0 Å². The molecule has 0 amide bonds. The van der Waals surface area contributed by atoms with E-state index >= 15 is 0 Å². The molecule has 0 unspecified atom stereocenters. The molecule has 0 N–H and O–H groups in total. The molecule has 1 aromatic rings. The molecule has 96 valence electrons. The van der Waals surface area contributed by atoms with Crippen molar-refractivity contribution in [3.8, 4) is 6.07 Å². The minimum Gasteiger partial charge on any atom is -0.427 e. The van der Waals surface area contributed by atoms with E-state index in [4.69, 9.17) is 10.00 Å². The molecule has 1 aliphatic rings. The molecule has 4 heteroatoms. The summed E-state index contributed by atoms with van der Waals surface area (Å²) in [4.78, 5) is 11.8. The van der Waals surface area contributed by atoms with Crippen molar-refractivity contribution in [1.82, 2.24) is 0 Å². The second-order valence-electron chi connectivity index (χ2n) is 4.30. The van der Waals surface area contributed by atoms with Crippen LogP contribution in [0.5, 0.6) is 0 Å². The van der Waals surface area contributed by atoms with Crippen LogP contribution in [-0.2, 0) is 4.74 Å². The molecule has 0 atom stereocenters. The summed E-state index contributed by atoms with van der Waals surface area (Å²) < 4.78 is 18.5. The SMILES string of the molecule is Cc1ccc(C(=O)OC2=CC(F)=C(C#N)CC2)cc1. The largest absolute Gasteiger partial charge is 0.427 e. The van der Waals surface area contributed by atoms with Gasteiger partial charge in [0, 0.05) is 12.5 Å². The van der Waals surface area contributed by atoms with E-state index in [1.165, 1.54) is 0 Å². The maximum Gasteiger partial charge on any atom is 0.343 e. The van der Waals surface area contributed by atoms with E-state index in [0.29, 0.717) is 12.0 Å². The normalized spacial score (nSPS) is 14.7. The fraction of sp³-hybridized carbons (Fsp3) is 0.200. The number of aryl methyl sites for hydroxylation is 1. The van der Waals surface area contributed by atoms with Gasteiger partial charge < -0.3 is 4.74 Å². The van der Waals surface area contributed by atoms with Gasteiger partial charge in [-0.2, -0.15) is 5.26 Å². The summed E-state index contributed by atoms with van der Waals surface area (Å²) in [7, 11) is 0. The Kier molecular flexibility index (Phi) is 3.76. The highest BCUT2D eigenvalue weighted by atomic mass is 19.1. The molecule has 0 spiro atoms. The molecule has 2 rings (SSSR count). The maximum atomic E-state index is 13.4. The van der Waals surface area contributed by atoms with E-state index in [-0.39, 0.29) is 17.8 Å². The van der Waals surface area contributed by atoms with E-state index in [0.717, 1.165) is 11.6 Å². The van der Waals surface area contributed by atoms with Gasteiger partial charge in [0.15, 0.2) is 0 Å². The Morgan fingerprint density at radius 3 is 2.58 bits per heavy atom. The summed E-state index contributed by atoms with van der Waals surface area (Å²) in [6, 6.07) is 8.72. The zero-order chi connectivity index (χ0) is 13.8. The third-order valence-corrected chi connectivity index (χ3v) is 2.84. The minimum absolute atomic E-state index is 0.0927. The Morgan fingerprint density at radius 2 is 2.00 bits per heavy atom. The predicted molar refractivity (Wildman–Crippen MR) is 67.7 cm³/mol. The van der Waals surface area contributed by atoms with Crippen LogP contribution in [-0.4, -0.2) is 5.97 Å². The first-order valence-corrected chi connectivity index (χ1v) is 5.88. The third kappa shape index (κ3) is 3.08. The Morgan fingerprint density at radius 1 is 1.32 bits per heavy atom. The van der Waals surface area contributed by atoms with Crippen LogP contribution >= 0.6 is 0 Å². The second kappa shape index (κ2) is 5.49. The smallest absolute Gasteiger partial charge is 0.343 e. The Hall–Kier alpha value is -2.41. The Bertz CT molecular complexity index is 606. The Balaban J connectivity index is 2.11. The summed E-state index contributed by atoms with van der Waals surface area (Å²) in [6.07, 6.45) is 1.72. The number of hydrogen-bond donors (Lipinski definition) is 0. The molecule has 0 fully saturated rings. The molecule has 0 saturated carbocycles. The average molecular weight is 257 g/mol. The molecule has 19 heavy (non-hydrogen) atoms. The van der Waals surface area contributed by atoms with E-state index in [1.54, 1.807) is 30.3 Å². The van der Waals surface area contributed by atoms with Gasteiger partial charge in [-0.15, -0.1) is 0 Å². The van der Waals surface area contributed by atoms with Gasteiger partial charge in [0.05, 0.1) is 17.2 Å². The zero-order valence-corrected chi connectivity index (χ0v) is 10.4. The molecule has 0 radical (unpaired) electrons. The number of allylic oxidation sites excluding steroid dienone is 4. The summed E-state index contributed by atoms with van der Waals surface area (Å²) in [5.41, 5.74) is 1.55. The zero-order valence-electron chi connectivity index (χ0n) is 10.4. The monoisotopic (exact) mass is 257 g/mol. The van der Waals surface area contributed by atoms with Crippen LogP contribution in [0, 0.1) is 18.3 Å². The van der Waals surface area contributed by atoms with Crippen molar-refractivity contribution in [3.05, 3.63) is 58.6 Å². The first-order valence-electron chi connectivity index (χ1n) is 5.88. The molecule has 0 heterocycles. The van der Waals surface area contributed by atoms with Crippen molar-refractivity contribution in [3.63, 3.8) is 0 Å². The van der Waals surface area contributed by atoms with Gasteiger partial charge in [0.2, 0.25) is 0 Å². The van der Waals surface area contributed by atoms with Crippen LogP contribution in [0.4, 0.5) is 4.39 Å². The first-order chi connectivity index (χ1) is 9.10. The molecular weight excluding hydrogens is 245 g/mol. The molecule has 3 nitrogen and oxygen atoms in total. The molecule has 1 aromatic carbocycles. The third-order valence-electron chi connectivity index (χ3n) is 2.84. The minimum atomic E-state index is -0.625. The molecule has 0 aliphatic heterocycles. The highest BCUT2D eigenvalue weighted by molar-refractivity contribution is 5.90. The van der Waals surface area contributed by atoms with Gasteiger partial charge in [0.1, 0.15) is 11.6 Å². The predicted octanol–water partition coefficient (Wildman–Crippen LogP) is 3.58. The number of carbonyl (C=O) groups excluding carboxylic acids is 1. The number of hydrogen-bond acceptors (Lipinski definition) is 3. The molecule has 1 aliphatic carbocycles. The summed E-state index contributed by atoms with van der Waals surface area (Å²) in [5, 5.41) is 8.65. The fourth-order valence-electron chi connectivity index (χ4n) is 1.73. The highest BCUT2D eigenvalue weighted by Gasteiger charge is 2.17. The van der Waals surface area contributed by atoms with Crippen molar-refractivity contribution < 1.29 is 13.9 Å². The van der Waals surface area contributed by atoms with E-state index in [1.807, 2.05) is 6.92 Å². The summed E-state index contributed by atoms with van der Waals surface area (Å²) in [5.74, 6) is -0.887. The van der Waals surface area contributed by atoms with Gasteiger partial charge in [-0.3, -0.25) is 0 Å². The number of esters is 1. The lowest BCUT2D eigenvalue weighted by Gasteiger charge is -2.12.